The van der Waals surface area contributed by atoms with E-state index in [0.717, 1.165) is 34.3 Å². The lowest BCUT2D eigenvalue weighted by Crippen LogP contribution is -2.49. The molecule has 0 atom stereocenters. The van der Waals surface area contributed by atoms with Gasteiger partial charge in [-0.15, -0.1) is 12.4 Å². The second-order valence-corrected chi connectivity index (χ2v) is 5.77. The molecule has 0 unspecified atom stereocenters. The zero-order valence-electron chi connectivity index (χ0n) is 11.3. The normalized spacial score (nSPS) is 14.6. The zero-order valence-corrected chi connectivity index (χ0v) is 13.6. The van der Waals surface area contributed by atoms with E-state index in [9.17, 15) is 0 Å². The molecule has 1 aliphatic rings. The summed E-state index contributed by atoms with van der Waals surface area (Å²) in [6.07, 6.45) is 0.169. The third kappa shape index (κ3) is 4.12. The summed E-state index contributed by atoms with van der Waals surface area (Å²) in [5, 5.41) is 4.68. The lowest BCUT2D eigenvalue weighted by molar-refractivity contribution is -0.0202. The van der Waals surface area contributed by atoms with Gasteiger partial charge in [0.05, 0.1) is 6.10 Å². The molecule has 2 nitrogen and oxygen atoms in total. The monoisotopic (exact) mass is 343 g/mol. The Morgan fingerprint density at radius 3 is 1.62 bits per heavy atom. The maximum atomic E-state index is 6.19. The summed E-state index contributed by atoms with van der Waals surface area (Å²) >= 11 is 11.9. The highest BCUT2D eigenvalue weighted by Crippen LogP contribution is 2.29. The first-order valence-electron chi connectivity index (χ1n) is 6.59. The van der Waals surface area contributed by atoms with Gasteiger partial charge in [-0.05, 0) is 35.4 Å². The van der Waals surface area contributed by atoms with Crippen LogP contribution in [0.5, 0.6) is 0 Å². The first kappa shape index (κ1) is 16.6. The van der Waals surface area contributed by atoms with Crippen LogP contribution >= 0.6 is 35.6 Å². The summed E-state index contributed by atoms with van der Waals surface area (Å²) in [7, 11) is 0. The Hall–Kier alpha value is -0.770. The van der Waals surface area contributed by atoms with E-state index in [0.29, 0.717) is 0 Å². The van der Waals surface area contributed by atoms with Crippen LogP contribution in [0.25, 0.3) is 0 Å². The van der Waals surface area contributed by atoms with Crippen molar-refractivity contribution < 1.29 is 4.74 Å². The van der Waals surface area contributed by atoms with Gasteiger partial charge in [-0.3, -0.25) is 0 Å². The van der Waals surface area contributed by atoms with Crippen LogP contribution in [0.4, 0.5) is 0 Å². The van der Waals surface area contributed by atoms with Gasteiger partial charge in [0.25, 0.3) is 0 Å². The molecule has 0 aromatic heterocycles. The smallest absolute Gasteiger partial charge is 0.108 e. The van der Waals surface area contributed by atoms with Crippen molar-refractivity contribution in [3.05, 3.63) is 69.7 Å². The van der Waals surface area contributed by atoms with Gasteiger partial charge in [0.15, 0.2) is 0 Å². The van der Waals surface area contributed by atoms with Crippen molar-refractivity contribution in [1.29, 1.82) is 0 Å². The second-order valence-electron chi connectivity index (χ2n) is 4.90. The molecule has 3 rings (SSSR count). The molecule has 2 aromatic rings. The van der Waals surface area contributed by atoms with Crippen LogP contribution in [-0.4, -0.2) is 19.2 Å². The minimum absolute atomic E-state index is 0. The quantitative estimate of drug-likeness (QED) is 0.882. The van der Waals surface area contributed by atoms with Crippen molar-refractivity contribution in [2.75, 3.05) is 13.1 Å². The van der Waals surface area contributed by atoms with E-state index >= 15 is 0 Å². The van der Waals surface area contributed by atoms with Crippen molar-refractivity contribution in [1.82, 2.24) is 5.32 Å². The van der Waals surface area contributed by atoms with Gasteiger partial charge in [0.2, 0.25) is 0 Å². The van der Waals surface area contributed by atoms with E-state index < -0.39 is 0 Å². The first-order chi connectivity index (χ1) is 9.72. The number of ether oxygens (including phenoxy) is 1. The molecule has 0 spiro atoms. The Morgan fingerprint density at radius 1 is 0.857 bits per heavy atom. The maximum absolute atomic E-state index is 6.19. The van der Waals surface area contributed by atoms with E-state index in [1.54, 1.807) is 0 Å². The van der Waals surface area contributed by atoms with Gasteiger partial charge in [-0.25, -0.2) is 0 Å². The van der Waals surface area contributed by atoms with Crippen molar-refractivity contribution >= 4 is 35.6 Å². The Morgan fingerprint density at radius 2 is 1.29 bits per heavy atom. The molecule has 1 saturated heterocycles. The molecule has 2 aromatic carbocycles. The SMILES string of the molecule is Cl.Clc1ccc(C(OC2CNC2)c2ccc(Cl)cc2)cc1. The third-order valence-electron chi connectivity index (χ3n) is 3.42. The van der Waals surface area contributed by atoms with Crippen LogP contribution in [0, 0.1) is 0 Å². The molecule has 0 bridgehead atoms. The Balaban J connectivity index is 0.00000161. The summed E-state index contributed by atoms with van der Waals surface area (Å²) in [6.45, 7) is 1.80. The molecule has 1 aliphatic heterocycles. The van der Waals surface area contributed by atoms with Gasteiger partial charge in [-0.2, -0.15) is 0 Å². The van der Waals surface area contributed by atoms with Crippen molar-refractivity contribution in [3.8, 4) is 0 Å². The van der Waals surface area contributed by atoms with Crippen LogP contribution in [0.2, 0.25) is 10.0 Å². The predicted molar refractivity (Wildman–Crippen MR) is 89.7 cm³/mol. The van der Waals surface area contributed by atoms with Gasteiger partial charge >= 0.3 is 0 Å². The van der Waals surface area contributed by atoms with Crippen LogP contribution < -0.4 is 5.32 Å². The average Bonchev–Trinajstić information content (AvgIpc) is 2.41. The number of rotatable bonds is 4. The number of nitrogens with one attached hydrogen (secondary N) is 1. The Bertz CT molecular complexity index is 522. The molecular formula is C16H16Cl3NO. The standard InChI is InChI=1S/C16H15Cl2NO.ClH/c17-13-5-1-11(2-6-13)16(20-15-9-19-10-15)12-3-7-14(18)8-4-12;/h1-8,15-16,19H,9-10H2;1H. The number of hydrogen-bond acceptors (Lipinski definition) is 2. The molecule has 0 radical (unpaired) electrons. The minimum atomic E-state index is -0.0865. The molecule has 0 amide bonds. The zero-order chi connectivity index (χ0) is 13.9. The van der Waals surface area contributed by atoms with Gasteiger partial charge in [0, 0.05) is 23.1 Å². The maximum Gasteiger partial charge on any atom is 0.108 e. The molecule has 0 saturated carbocycles. The van der Waals surface area contributed by atoms with E-state index in [-0.39, 0.29) is 24.6 Å². The Labute approximate surface area is 140 Å². The molecule has 5 heteroatoms. The lowest BCUT2D eigenvalue weighted by Gasteiger charge is -2.32. The molecule has 1 fully saturated rings. The van der Waals surface area contributed by atoms with Gasteiger partial charge in [-0.1, -0.05) is 47.5 Å². The third-order valence-corrected chi connectivity index (χ3v) is 3.92. The summed E-state index contributed by atoms with van der Waals surface area (Å²) in [4.78, 5) is 0. The number of benzene rings is 2. The predicted octanol–water partition coefficient (Wildman–Crippen LogP) is 4.49. The molecule has 0 aliphatic carbocycles. The summed E-state index contributed by atoms with van der Waals surface area (Å²) in [5.74, 6) is 0. The lowest BCUT2D eigenvalue weighted by atomic mass is 10.0. The van der Waals surface area contributed by atoms with Crippen molar-refractivity contribution in [2.45, 2.75) is 12.2 Å². The Kier molecular flexibility index (Phi) is 5.91. The summed E-state index contributed by atoms with van der Waals surface area (Å²) < 4.78 is 6.19. The van der Waals surface area contributed by atoms with Gasteiger partial charge < -0.3 is 10.1 Å². The minimum Gasteiger partial charge on any atom is -0.363 e. The molecule has 1 N–H and O–H groups in total. The highest BCUT2D eigenvalue weighted by atomic mass is 35.5. The molecule has 112 valence electrons. The van der Waals surface area contributed by atoms with Crippen molar-refractivity contribution in [2.24, 2.45) is 0 Å². The molecule has 21 heavy (non-hydrogen) atoms. The average molecular weight is 345 g/mol. The van der Waals surface area contributed by atoms with Crippen molar-refractivity contribution in [3.63, 3.8) is 0 Å². The van der Waals surface area contributed by atoms with Crippen LogP contribution in [-0.2, 0) is 4.74 Å². The molecular weight excluding hydrogens is 329 g/mol. The first-order valence-corrected chi connectivity index (χ1v) is 7.35. The van der Waals surface area contributed by atoms with Gasteiger partial charge in [0.1, 0.15) is 6.10 Å². The second kappa shape index (κ2) is 7.48. The highest BCUT2D eigenvalue weighted by Gasteiger charge is 2.24. The highest BCUT2D eigenvalue weighted by molar-refractivity contribution is 6.30. The topological polar surface area (TPSA) is 21.3 Å². The van der Waals surface area contributed by atoms with Crippen LogP contribution in [0.3, 0.4) is 0 Å². The summed E-state index contributed by atoms with van der Waals surface area (Å²) in [6, 6.07) is 15.6. The summed E-state index contributed by atoms with van der Waals surface area (Å²) in [5.41, 5.74) is 2.20. The fraction of sp³-hybridized carbons (Fsp3) is 0.250. The fourth-order valence-corrected chi connectivity index (χ4v) is 2.43. The largest absolute Gasteiger partial charge is 0.363 e. The van der Waals surface area contributed by atoms with Crippen LogP contribution in [0.15, 0.2) is 48.5 Å². The number of halogens is 3. The van der Waals surface area contributed by atoms with E-state index in [2.05, 4.69) is 5.32 Å². The van der Waals surface area contributed by atoms with E-state index in [1.807, 2.05) is 48.5 Å². The van der Waals surface area contributed by atoms with Crippen LogP contribution in [0.1, 0.15) is 17.2 Å². The van der Waals surface area contributed by atoms with E-state index in [1.165, 1.54) is 0 Å². The molecule has 1 heterocycles. The van der Waals surface area contributed by atoms with E-state index in [4.69, 9.17) is 27.9 Å². The fourth-order valence-electron chi connectivity index (χ4n) is 2.18. The number of hydrogen-bond donors (Lipinski definition) is 1.